The van der Waals surface area contributed by atoms with Crippen LogP contribution in [0.3, 0.4) is 0 Å². The second-order valence-corrected chi connectivity index (χ2v) is 7.84. The molecule has 0 aromatic heterocycles. The van der Waals surface area contributed by atoms with Gasteiger partial charge in [0.1, 0.15) is 29.4 Å². The van der Waals surface area contributed by atoms with Crippen LogP contribution in [0.15, 0.2) is 17.1 Å². The van der Waals surface area contributed by atoms with Crippen molar-refractivity contribution < 1.29 is 19.4 Å². The van der Waals surface area contributed by atoms with Gasteiger partial charge in [-0.15, -0.1) is 0 Å². The quantitative estimate of drug-likeness (QED) is 0.546. The molecule has 0 unspecified atom stereocenters. The van der Waals surface area contributed by atoms with Gasteiger partial charge < -0.3 is 19.1 Å². The molecule has 2 saturated heterocycles. The number of hydrogen-bond donors (Lipinski definition) is 1. The van der Waals surface area contributed by atoms with Crippen LogP contribution in [0, 0.1) is 0 Å². The molecule has 0 amide bonds. The van der Waals surface area contributed by atoms with Crippen LogP contribution in [0.4, 0.5) is 0 Å². The van der Waals surface area contributed by atoms with Crippen molar-refractivity contribution in [1.82, 2.24) is 9.96 Å². The van der Waals surface area contributed by atoms with Gasteiger partial charge in [-0.3, -0.25) is 10.2 Å². The van der Waals surface area contributed by atoms with E-state index in [9.17, 15) is 5.21 Å². The Morgan fingerprint density at radius 2 is 2.00 bits per heavy atom. The summed E-state index contributed by atoms with van der Waals surface area (Å²) in [5, 5.41) is 12.4. The molecule has 28 heavy (non-hydrogen) atoms. The van der Waals surface area contributed by atoms with E-state index in [1.807, 2.05) is 12.1 Å². The van der Waals surface area contributed by atoms with Crippen molar-refractivity contribution in [1.29, 1.82) is 0 Å². The summed E-state index contributed by atoms with van der Waals surface area (Å²) in [6.07, 6.45) is 5.31. The summed E-state index contributed by atoms with van der Waals surface area (Å²) in [5.74, 6) is 1.33. The van der Waals surface area contributed by atoms with Crippen molar-refractivity contribution in [2.75, 3.05) is 46.1 Å². The highest BCUT2D eigenvalue weighted by atomic mass is 35.5. The summed E-state index contributed by atoms with van der Waals surface area (Å²) in [6.45, 7) is 5.59. The number of hydroxylamine groups is 2. The molecule has 0 atom stereocenters. The molecule has 0 saturated carbocycles. The molecule has 4 rings (SSSR count). The number of ether oxygens (including phenoxy) is 3. The Morgan fingerprint density at radius 1 is 1.21 bits per heavy atom. The largest absolute Gasteiger partial charge is 0.493 e. The predicted molar refractivity (Wildman–Crippen MR) is 105 cm³/mol. The van der Waals surface area contributed by atoms with E-state index in [0.29, 0.717) is 36.1 Å². The normalized spacial score (nSPS) is 20.8. The van der Waals surface area contributed by atoms with Crippen molar-refractivity contribution >= 4 is 16.8 Å². The maximum absolute atomic E-state index is 9.96. The van der Waals surface area contributed by atoms with Crippen LogP contribution in [-0.4, -0.2) is 67.4 Å². The van der Waals surface area contributed by atoms with Gasteiger partial charge in [-0.05, 0) is 32.4 Å². The lowest BCUT2D eigenvalue weighted by Crippen LogP contribution is -2.40. The monoisotopic (exact) mass is 409 g/mol. The molecule has 2 fully saturated rings. The van der Waals surface area contributed by atoms with Crippen molar-refractivity contribution in [3.8, 4) is 11.5 Å². The zero-order valence-corrected chi connectivity index (χ0v) is 16.9. The van der Waals surface area contributed by atoms with Crippen molar-refractivity contribution in [2.24, 2.45) is 4.99 Å². The van der Waals surface area contributed by atoms with Crippen LogP contribution < -0.4 is 20.0 Å². The van der Waals surface area contributed by atoms with Gasteiger partial charge in [0.2, 0.25) is 0 Å². The van der Waals surface area contributed by atoms with Crippen LogP contribution in [0.5, 0.6) is 11.5 Å². The Morgan fingerprint density at radius 3 is 2.79 bits per heavy atom. The molecule has 0 spiro atoms. The number of hydrogen-bond acceptors (Lipinski definition) is 7. The average Bonchev–Trinajstić information content (AvgIpc) is 3.22. The molecular formula is C20H28ClN3O4. The molecule has 3 aliphatic rings. The molecule has 1 aromatic carbocycles. The van der Waals surface area contributed by atoms with Crippen LogP contribution in [0.25, 0.3) is 5.16 Å². The molecule has 1 aromatic rings. The van der Waals surface area contributed by atoms with Gasteiger partial charge >= 0.3 is 0 Å². The summed E-state index contributed by atoms with van der Waals surface area (Å²) in [4.78, 5) is 6.89. The number of benzene rings is 1. The van der Waals surface area contributed by atoms with Gasteiger partial charge in [0.15, 0.2) is 0 Å². The number of nitrogens with zero attached hydrogens (tertiary/aromatic N) is 3. The molecule has 154 valence electrons. The Labute approximate surface area is 170 Å². The highest BCUT2D eigenvalue weighted by Crippen LogP contribution is 2.21. The summed E-state index contributed by atoms with van der Waals surface area (Å²) in [6, 6.07) is 3.73. The van der Waals surface area contributed by atoms with Crippen LogP contribution in [0.2, 0.25) is 0 Å². The van der Waals surface area contributed by atoms with E-state index in [0.717, 1.165) is 36.6 Å². The second kappa shape index (κ2) is 9.31. The minimum absolute atomic E-state index is 0.0572. The third-order valence-electron chi connectivity index (χ3n) is 5.41. The van der Waals surface area contributed by atoms with Crippen molar-refractivity contribution in [3.05, 3.63) is 22.7 Å². The van der Waals surface area contributed by atoms with E-state index in [1.54, 1.807) is 0 Å². The molecule has 8 heteroatoms. The molecule has 1 N–H and O–H groups in total. The van der Waals surface area contributed by atoms with E-state index in [1.165, 1.54) is 25.9 Å². The van der Waals surface area contributed by atoms with Gasteiger partial charge in [-0.2, -0.15) is 0 Å². The molecule has 0 bridgehead atoms. The average molecular weight is 410 g/mol. The van der Waals surface area contributed by atoms with Crippen molar-refractivity contribution in [2.45, 2.75) is 38.2 Å². The first-order chi connectivity index (χ1) is 13.7. The smallest absolute Gasteiger partial charge is 0.144 e. The summed E-state index contributed by atoms with van der Waals surface area (Å²) >= 11 is 6.35. The molecule has 0 radical (unpaired) electrons. The first-order valence-corrected chi connectivity index (χ1v) is 10.5. The molecule has 3 heterocycles. The first kappa shape index (κ1) is 19.8. The Kier molecular flexibility index (Phi) is 6.57. The first-order valence-electron chi connectivity index (χ1n) is 10.1. The number of likely N-dealkylation sites (tertiary alicyclic amines) is 1. The molecular weight excluding hydrogens is 382 g/mol. The summed E-state index contributed by atoms with van der Waals surface area (Å²) in [5.41, 5.74) is 0. The lowest BCUT2D eigenvalue weighted by atomic mass is 10.1. The lowest BCUT2D eigenvalue weighted by molar-refractivity contribution is -0.0243. The van der Waals surface area contributed by atoms with Crippen LogP contribution >= 0.6 is 11.6 Å². The van der Waals surface area contributed by atoms with Gasteiger partial charge in [-0.25, -0.2) is 5.06 Å². The predicted octanol–water partition coefficient (Wildman–Crippen LogP) is 1.70. The van der Waals surface area contributed by atoms with E-state index >= 15 is 0 Å². The minimum Gasteiger partial charge on any atom is -0.493 e. The Hall–Kier alpha value is -1.54. The van der Waals surface area contributed by atoms with Gasteiger partial charge in [0, 0.05) is 31.5 Å². The third-order valence-corrected chi connectivity index (χ3v) is 5.79. The van der Waals surface area contributed by atoms with Gasteiger partial charge in [-0.1, -0.05) is 11.6 Å². The third kappa shape index (κ3) is 4.71. The highest BCUT2D eigenvalue weighted by Gasteiger charge is 2.20. The Bertz CT molecular complexity index is 791. The minimum atomic E-state index is 0.0572. The maximum Gasteiger partial charge on any atom is 0.144 e. The number of halogens is 1. The second-order valence-electron chi connectivity index (χ2n) is 7.49. The highest BCUT2D eigenvalue weighted by molar-refractivity contribution is 6.44. The fourth-order valence-electron chi connectivity index (χ4n) is 3.88. The Balaban J connectivity index is 1.50. The summed E-state index contributed by atoms with van der Waals surface area (Å²) < 4.78 is 17.6. The molecule has 7 nitrogen and oxygen atoms in total. The van der Waals surface area contributed by atoms with E-state index in [4.69, 9.17) is 25.8 Å². The van der Waals surface area contributed by atoms with Crippen LogP contribution in [-0.2, 0) is 4.74 Å². The van der Waals surface area contributed by atoms with Crippen LogP contribution in [0.1, 0.15) is 32.1 Å². The SMILES string of the molecule is ON1CN=c2cc(OCCCN3CCCC3)cc(OC3CCOCC3)c2=C1Cl. The zero-order valence-electron chi connectivity index (χ0n) is 16.1. The van der Waals surface area contributed by atoms with Gasteiger partial charge in [0.25, 0.3) is 0 Å². The number of rotatable bonds is 7. The van der Waals surface area contributed by atoms with Gasteiger partial charge in [0.05, 0.1) is 30.4 Å². The number of fused-ring (bicyclic) bond motifs is 1. The molecule has 0 aliphatic carbocycles. The topological polar surface area (TPSA) is 66.8 Å². The fraction of sp³-hybridized carbons (Fsp3) is 0.650. The maximum atomic E-state index is 9.96. The van der Waals surface area contributed by atoms with Crippen molar-refractivity contribution in [3.63, 3.8) is 0 Å². The van der Waals surface area contributed by atoms with E-state index < -0.39 is 0 Å². The standard InChI is InChI=1S/C20H28ClN3O4/c21-20-19-17(22-14-24(20)25)12-16(27-9-3-8-23-6-1-2-7-23)13-18(19)28-15-4-10-26-11-5-15/h12-13,15,25H,1-11,14H2. The van der Waals surface area contributed by atoms with E-state index in [-0.39, 0.29) is 17.9 Å². The fourth-order valence-corrected chi connectivity index (χ4v) is 4.12. The lowest BCUT2D eigenvalue weighted by Gasteiger charge is -2.25. The summed E-state index contributed by atoms with van der Waals surface area (Å²) in [7, 11) is 0. The van der Waals surface area contributed by atoms with E-state index in [2.05, 4.69) is 9.89 Å². The zero-order chi connectivity index (χ0) is 19.3. The molecule has 3 aliphatic heterocycles.